The third-order valence-corrected chi connectivity index (χ3v) is 7.60. The smallest absolute Gasteiger partial charge is 0.118 e. The van der Waals surface area contributed by atoms with Crippen molar-refractivity contribution in [1.82, 2.24) is 19.9 Å². The summed E-state index contributed by atoms with van der Waals surface area (Å²) in [7, 11) is 1.69. The molecule has 0 saturated heterocycles. The van der Waals surface area contributed by atoms with Crippen LogP contribution in [-0.4, -0.2) is 27.0 Å². The van der Waals surface area contributed by atoms with Crippen LogP contribution in [-0.2, 0) is 11.8 Å². The minimum atomic E-state index is 0.0618. The fraction of sp³-hybridized carbons (Fsp3) is 0.226. The van der Waals surface area contributed by atoms with Gasteiger partial charge < -0.3 is 14.7 Å². The Morgan fingerprint density at radius 2 is 1.53 bits per heavy atom. The van der Waals surface area contributed by atoms with E-state index in [0.717, 1.165) is 81.0 Å². The Kier molecular flexibility index (Phi) is 5.48. The molecule has 0 unspecified atom stereocenters. The predicted molar refractivity (Wildman–Crippen MR) is 148 cm³/mol. The van der Waals surface area contributed by atoms with Crippen LogP contribution < -0.4 is 4.74 Å². The van der Waals surface area contributed by atoms with Gasteiger partial charge in [0.1, 0.15) is 5.75 Å². The number of hydrogen-bond donors (Lipinski definition) is 2. The molecule has 3 aromatic heterocycles. The first kappa shape index (κ1) is 22.4. The van der Waals surface area contributed by atoms with Crippen LogP contribution >= 0.6 is 0 Å². The normalized spacial score (nSPS) is 14.2. The maximum atomic E-state index is 5.39. The van der Waals surface area contributed by atoms with Crippen LogP contribution in [0.25, 0.3) is 45.3 Å². The highest BCUT2D eigenvalue weighted by molar-refractivity contribution is 5.90. The molecule has 36 heavy (non-hydrogen) atoms. The summed E-state index contributed by atoms with van der Waals surface area (Å²) in [6.45, 7) is 4.54. The van der Waals surface area contributed by atoms with Gasteiger partial charge >= 0.3 is 0 Å². The van der Waals surface area contributed by atoms with Gasteiger partial charge in [0.25, 0.3) is 0 Å². The molecule has 0 amide bonds. The second kappa shape index (κ2) is 8.83. The van der Waals surface area contributed by atoms with Crippen molar-refractivity contribution in [2.45, 2.75) is 38.5 Å². The van der Waals surface area contributed by atoms with Crippen molar-refractivity contribution in [3.8, 4) is 16.9 Å². The Morgan fingerprint density at radius 1 is 0.806 bits per heavy atom. The number of nitrogens with one attached hydrogen (secondary N) is 2. The Morgan fingerprint density at radius 3 is 2.28 bits per heavy atom. The maximum Gasteiger partial charge on any atom is 0.118 e. The van der Waals surface area contributed by atoms with E-state index in [2.05, 4.69) is 90.6 Å². The van der Waals surface area contributed by atoms with E-state index in [0.29, 0.717) is 0 Å². The topological polar surface area (TPSA) is 66.6 Å². The standard InChI is InChI=1S/C31H30N4O/c1-4-31(5-2)19-25-17-23-11-15-28(34-23)30(20-6-12-26(36-3)13-7-20)27-14-10-22(33-27)16-21-8-9-24(32-21)18-29(31)35-25/h6-18,32,34H,4-5,19H2,1-3H3. The molecule has 4 aromatic rings. The maximum absolute atomic E-state index is 5.39. The lowest BCUT2D eigenvalue weighted by molar-refractivity contribution is 0.406. The van der Waals surface area contributed by atoms with Crippen LogP contribution in [0.4, 0.5) is 0 Å². The molecule has 2 aliphatic rings. The SMILES string of the molecule is CCC1(CC)Cc2cc3ccc([nH]3)c(-c3ccc(OC)cc3)c3nc(cc4ccc(cc1n2)[nH]4)C=C3. The average Bonchev–Trinajstić information content (AvgIpc) is 3.69. The first-order valence-corrected chi connectivity index (χ1v) is 12.6. The minimum Gasteiger partial charge on any atom is -0.497 e. The van der Waals surface area contributed by atoms with E-state index in [1.807, 2.05) is 12.1 Å². The molecule has 0 aliphatic carbocycles. The molecule has 0 spiro atoms. The molecule has 5 heterocycles. The number of H-pyrrole nitrogens is 2. The van der Waals surface area contributed by atoms with Gasteiger partial charge in [0.15, 0.2) is 0 Å². The number of ether oxygens (including phenoxy) is 1. The lowest BCUT2D eigenvalue weighted by Crippen LogP contribution is -2.23. The first-order valence-electron chi connectivity index (χ1n) is 12.6. The Hall–Kier alpha value is -4.12. The van der Waals surface area contributed by atoms with Gasteiger partial charge in [-0.25, -0.2) is 4.98 Å². The number of nitrogens with zero attached hydrogens (tertiary/aromatic N) is 2. The highest BCUT2D eigenvalue weighted by Gasteiger charge is 2.34. The van der Waals surface area contributed by atoms with E-state index in [-0.39, 0.29) is 5.41 Å². The Balaban J connectivity index is 1.66. The Bertz CT molecular complexity index is 1620. The molecule has 180 valence electrons. The van der Waals surface area contributed by atoms with E-state index in [4.69, 9.17) is 14.7 Å². The van der Waals surface area contributed by atoms with Crippen LogP contribution in [0.5, 0.6) is 5.75 Å². The molecule has 2 aliphatic heterocycles. The molecule has 5 heteroatoms. The van der Waals surface area contributed by atoms with Crippen LogP contribution in [0.15, 0.2) is 66.7 Å². The third kappa shape index (κ3) is 3.91. The van der Waals surface area contributed by atoms with Crippen molar-refractivity contribution in [3.63, 3.8) is 0 Å². The summed E-state index contributed by atoms with van der Waals surface area (Å²) < 4.78 is 5.39. The molecule has 0 saturated carbocycles. The molecule has 2 N–H and O–H groups in total. The summed E-state index contributed by atoms with van der Waals surface area (Å²) >= 11 is 0. The van der Waals surface area contributed by atoms with Crippen molar-refractivity contribution in [1.29, 1.82) is 0 Å². The summed E-state index contributed by atoms with van der Waals surface area (Å²) in [6, 6.07) is 23.2. The lowest BCUT2D eigenvalue weighted by atomic mass is 9.77. The van der Waals surface area contributed by atoms with Crippen molar-refractivity contribution in [2.75, 3.05) is 7.11 Å². The summed E-state index contributed by atoms with van der Waals surface area (Å²) in [6.07, 6.45) is 7.21. The van der Waals surface area contributed by atoms with E-state index < -0.39 is 0 Å². The molecule has 0 fully saturated rings. The average molecular weight is 475 g/mol. The second-order valence-corrected chi connectivity index (χ2v) is 9.64. The van der Waals surface area contributed by atoms with E-state index in [1.54, 1.807) is 7.11 Å². The largest absolute Gasteiger partial charge is 0.497 e. The molecular formula is C31H30N4O. The van der Waals surface area contributed by atoms with E-state index in [1.165, 1.54) is 0 Å². The summed E-state index contributed by atoms with van der Waals surface area (Å²) in [4.78, 5) is 17.3. The van der Waals surface area contributed by atoms with Crippen LogP contribution in [0.2, 0.25) is 0 Å². The molecule has 0 atom stereocenters. The van der Waals surface area contributed by atoms with Crippen molar-refractivity contribution < 1.29 is 4.74 Å². The lowest BCUT2D eigenvalue weighted by Gasteiger charge is -2.25. The summed E-state index contributed by atoms with van der Waals surface area (Å²) in [5, 5.41) is 0. The zero-order valence-corrected chi connectivity index (χ0v) is 20.9. The molecule has 6 rings (SSSR count). The quantitative estimate of drug-likeness (QED) is 0.284. The van der Waals surface area contributed by atoms with Crippen LogP contribution in [0.3, 0.4) is 0 Å². The van der Waals surface area contributed by atoms with Gasteiger partial charge in [0, 0.05) is 50.9 Å². The molecule has 8 bridgehead atoms. The zero-order valence-electron chi connectivity index (χ0n) is 20.9. The van der Waals surface area contributed by atoms with Gasteiger partial charge in [-0.1, -0.05) is 26.0 Å². The molecule has 5 nitrogen and oxygen atoms in total. The second-order valence-electron chi connectivity index (χ2n) is 9.64. The fourth-order valence-corrected chi connectivity index (χ4v) is 5.40. The van der Waals surface area contributed by atoms with Gasteiger partial charge in [-0.15, -0.1) is 0 Å². The summed E-state index contributed by atoms with van der Waals surface area (Å²) in [5.74, 6) is 0.832. The fourth-order valence-electron chi connectivity index (χ4n) is 5.40. The van der Waals surface area contributed by atoms with E-state index in [9.17, 15) is 0 Å². The number of hydrogen-bond acceptors (Lipinski definition) is 3. The van der Waals surface area contributed by atoms with Gasteiger partial charge in [0.05, 0.1) is 18.5 Å². The van der Waals surface area contributed by atoms with Gasteiger partial charge in [-0.3, -0.25) is 4.98 Å². The number of aromatic amines is 2. The van der Waals surface area contributed by atoms with Crippen LogP contribution in [0.1, 0.15) is 49.5 Å². The predicted octanol–water partition coefficient (Wildman–Crippen LogP) is 7.46. The van der Waals surface area contributed by atoms with Crippen molar-refractivity contribution in [3.05, 3.63) is 89.5 Å². The number of rotatable bonds is 4. The number of benzene rings is 1. The van der Waals surface area contributed by atoms with Gasteiger partial charge in [-0.2, -0.15) is 0 Å². The third-order valence-electron chi connectivity index (χ3n) is 7.60. The minimum absolute atomic E-state index is 0.0618. The highest BCUT2D eigenvalue weighted by atomic mass is 16.5. The summed E-state index contributed by atoms with van der Waals surface area (Å²) in [5.41, 5.74) is 10.5. The van der Waals surface area contributed by atoms with Crippen LogP contribution in [0, 0.1) is 0 Å². The highest BCUT2D eigenvalue weighted by Crippen LogP contribution is 2.38. The van der Waals surface area contributed by atoms with Gasteiger partial charge in [0.2, 0.25) is 0 Å². The first-order chi connectivity index (χ1) is 17.6. The van der Waals surface area contributed by atoms with Crippen molar-refractivity contribution in [2.24, 2.45) is 0 Å². The van der Waals surface area contributed by atoms with E-state index >= 15 is 0 Å². The zero-order chi connectivity index (χ0) is 24.7. The van der Waals surface area contributed by atoms with Gasteiger partial charge in [-0.05, 0) is 85.2 Å². The molecule has 1 aromatic carbocycles. The molecule has 0 radical (unpaired) electrons. The Labute approximate surface area is 210 Å². The number of aromatic nitrogens is 4. The number of methoxy groups -OCH3 is 1. The number of fused-ring (bicyclic) bond motifs is 8. The molecular weight excluding hydrogens is 444 g/mol. The van der Waals surface area contributed by atoms with Crippen molar-refractivity contribution >= 4 is 34.2 Å². The monoisotopic (exact) mass is 474 g/mol.